The molecule has 119 heavy (non-hydrogen) atoms. The van der Waals surface area contributed by atoms with E-state index in [2.05, 4.69) is 66.1 Å². The zero-order chi connectivity index (χ0) is 85.0. The Hall–Kier alpha value is -10.0. The SMILES string of the molecule is CNC(=O)CCOC1[C@@H](COP(=O)(OCCC#N)OC2[C@@H](COP(=O)(OCCC#N)OC3[C@@H]4OC[C@]3(COP(=O)(OCCC#N)OCCC#N)O[C@H]4n3cnc4c(NC(=O)c5ccccc5)ncnc43)O[C@@H](n3cnc4c(NC(=O)c5ccccc5)ncnc43)[C@H]2F)O[C@@H](n2cnc3c(=O)[nH]c(NC(=O)C(C)C)nc32)[C@H]1O[Si](C)(C)C(C)(C)C. The van der Waals surface area contributed by atoms with Crippen LogP contribution in [0, 0.1) is 51.2 Å². The van der Waals surface area contributed by atoms with Gasteiger partial charge in [0.15, 0.2) is 78.3 Å². The van der Waals surface area contributed by atoms with Gasteiger partial charge < -0.3 is 44.1 Å². The van der Waals surface area contributed by atoms with Crippen LogP contribution in [0.4, 0.5) is 22.0 Å². The Morgan fingerprint density at radius 2 is 1.13 bits per heavy atom. The number of aromatic amines is 1. The number of carbonyl (C=O) groups is 4. The predicted octanol–water partition coefficient (Wildman–Crippen LogP) is 8.48. The molecule has 2 aromatic carbocycles. The maximum absolute atomic E-state index is 18.6. The number of hydrogen-bond acceptors (Lipinski definition) is 35. The van der Waals surface area contributed by atoms with Gasteiger partial charge in [0.1, 0.15) is 61.0 Å². The fourth-order valence-corrected chi connectivity index (χ4v) is 17.9. The highest BCUT2D eigenvalue weighted by Crippen LogP contribution is 2.61. The molecule has 4 fully saturated rings. The summed E-state index contributed by atoms with van der Waals surface area (Å²) in [6, 6.07) is 23.7. The van der Waals surface area contributed by atoms with E-state index in [1.165, 1.54) is 28.8 Å². The zero-order valence-electron chi connectivity index (χ0n) is 65.3. The molecule has 632 valence electrons. The quantitative estimate of drug-likeness (QED) is 0.0136. The summed E-state index contributed by atoms with van der Waals surface area (Å²) in [7, 11) is -17.3. The van der Waals surface area contributed by atoms with E-state index in [0.717, 1.165) is 23.5 Å². The van der Waals surface area contributed by atoms with Crippen molar-refractivity contribution in [2.75, 3.05) is 82.5 Å². The number of alkyl halides is 1. The molecule has 48 heteroatoms. The normalized spacial score (nSPS) is 23.4. The number of amides is 4. The van der Waals surface area contributed by atoms with E-state index >= 15 is 13.5 Å². The molecule has 0 spiro atoms. The molecule has 4 aliphatic heterocycles. The van der Waals surface area contributed by atoms with Crippen LogP contribution in [0.3, 0.4) is 0 Å². The van der Waals surface area contributed by atoms with Crippen LogP contribution in [-0.2, 0) is 92.1 Å². The Kier molecular flexibility index (Phi) is 28.3. The second-order valence-corrected chi connectivity index (χ2v) is 38.6. The molecule has 0 aliphatic carbocycles. The molecule has 0 saturated carbocycles. The van der Waals surface area contributed by atoms with Gasteiger partial charge in [0, 0.05) is 30.5 Å². The number of halogens is 1. The number of nitrogens with one attached hydrogen (secondary N) is 5. The van der Waals surface area contributed by atoms with Gasteiger partial charge >= 0.3 is 23.5 Å². The van der Waals surface area contributed by atoms with Crippen molar-refractivity contribution in [3.63, 3.8) is 0 Å². The molecule has 10 heterocycles. The number of nitriles is 4. The van der Waals surface area contributed by atoms with Gasteiger partial charge in [-0.05, 0) is 42.4 Å². The van der Waals surface area contributed by atoms with Gasteiger partial charge in [0.05, 0.1) is 128 Å². The number of phosphoric acid groups is 3. The summed E-state index contributed by atoms with van der Waals surface area (Å²) in [6.07, 6.45) is -15.0. The number of hydrogen-bond donors (Lipinski definition) is 5. The number of imidazole rings is 3. The van der Waals surface area contributed by atoms with Gasteiger partial charge in [0.2, 0.25) is 17.8 Å². The maximum Gasteiger partial charge on any atom is 0.475 e. The number of ether oxygens (including phenoxy) is 5. The van der Waals surface area contributed by atoms with Crippen LogP contribution in [0.2, 0.25) is 18.1 Å². The van der Waals surface area contributed by atoms with Crippen molar-refractivity contribution in [1.82, 2.24) is 63.9 Å². The molecule has 8 aromatic rings. The van der Waals surface area contributed by atoms with Crippen LogP contribution in [-0.4, -0.2) is 212 Å². The van der Waals surface area contributed by atoms with E-state index in [1.807, 2.05) is 58.1 Å². The van der Waals surface area contributed by atoms with Crippen LogP contribution in [0.1, 0.15) is 106 Å². The summed E-state index contributed by atoms with van der Waals surface area (Å²) >= 11 is 0. The van der Waals surface area contributed by atoms with E-state index in [-0.39, 0.29) is 88.1 Å². The minimum absolute atomic E-state index is 0.0204. The summed E-state index contributed by atoms with van der Waals surface area (Å²) in [5, 5.41) is 48.6. The lowest BCUT2D eigenvalue weighted by atomic mass is 10.0. The van der Waals surface area contributed by atoms with E-state index in [9.17, 15) is 49.6 Å². The first-order chi connectivity index (χ1) is 57.0. The lowest BCUT2D eigenvalue weighted by molar-refractivity contribution is -0.184. The maximum atomic E-state index is 18.6. The van der Waals surface area contributed by atoms with Gasteiger partial charge in [-0.15, -0.1) is 0 Å². The van der Waals surface area contributed by atoms with E-state index in [4.69, 9.17) is 68.8 Å². The first-order valence-corrected chi connectivity index (χ1v) is 44.5. The van der Waals surface area contributed by atoms with Crippen LogP contribution >= 0.6 is 23.5 Å². The van der Waals surface area contributed by atoms with Crippen molar-refractivity contribution >= 4 is 106 Å². The number of aromatic nitrogens is 12. The highest BCUT2D eigenvalue weighted by molar-refractivity contribution is 7.49. The number of carbonyl (C=O) groups excluding carboxylic acids is 4. The second kappa shape index (κ2) is 38.1. The Balaban J connectivity index is 0.912. The van der Waals surface area contributed by atoms with Gasteiger partial charge in [-0.2, -0.15) is 26.0 Å². The van der Waals surface area contributed by atoms with E-state index < -0.39 is 211 Å². The minimum atomic E-state index is -5.48. The third-order valence-electron chi connectivity index (χ3n) is 19.6. The van der Waals surface area contributed by atoms with Crippen LogP contribution < -0.4 is 26.8 Å². The Labute approximate surface area is 679 Å². The summed E-state index contributed by atoms with van der Waals surface area (Å²) in [5.41, 5.74) is -2.86. The van der Waals surface area contributed by atoms with Crippen LogP contribution in [0.5, 0.6) is 0 Å². The first kappa shape index (κ1) is 88.3. The molecule has 6 aromatic heterocycles. The Bertz CT molecular complexity index is 5370. The third-order valence-corrected chi connectivity index (χ3v) is 28.4. The zero-order valence-corrected chi connectivity index (χ0v) is 69.0. The van der Waals surface area contributed by atoms with Crippen molar-refractivity contribution in [1.29, 1.82) is 21.0 Å². The highest BCUT2D eigenvalue weighted by Gasteiger charge is 2.67. The van der Waals surface area contributed by atoms with Crippen molar-refractivity contribution < 1.29 is 106 Å². The molecule has 2 bridgehead atoms. The number of phosphoric ester groups is 3. The standard InChI is InChI=1S/C71H84FN20O23P3Si/c1-42(2)62(94)88-69-87-61-51(65(97)89-69)84-41-92(61)67-54(115-119(7,8)70(3,4)5)53(101-32-23-47(93)77-6)46(111-67)34-107-117(99,105-30-17-26-75)113-52-45(110-66(48(52)72)90-39-82-49-57(78-37-80-59(49)90)85-63(95)43-19-11-9-12-20-43)33-108-118(100,106-31-18-27-76)114-56-55-68(112-71(56,35-102-55)36-109-116(98,103-28-15-24-73)104-29-16-25-74)91-40-83-50-58(79-38-81-60(50)91)86-64(96)44-21-13-10-14-22-44/h9-14,19-22,37-42,45-46,48,52-56,66-68H,15-18,23,28-36H2,1-8H3,(H,77,93)(H,78,80,85,95)(H,79,81,86,96)(H2,87,88,89,94,97)/t45-,46-,48+,52?,53?,54+,55+,56?,66-,67-,68-,71-,117?,118?/m1/s1. The largest absolute Gasteiger partial charge is 0.475 e. The smallest absolute Gasteiger partial charge is 0.407 e. The topological polar surface area (TPSA) is 552 Å². The summed E-state index contributed by atoms with van der Waals surface area (Å²) in [6.45, 7) is 6.81. The number of fused-ring (bicyclic) bond motifs is 5. The molecule has 4 saturated heterocycles. The number of anilines is 3. The molecule has 14 atom stereocenters. The van der Waals surface area contributed by atoms with Crippen LogP contribution in [0.15, 0.2) is 97.1 Å². The van der Waals surface area contributed by atoms with Gasteiger partial charge in [0.25, 0.3) is 17.4 Å². The number of H-pyrrole nitrogens is 1. The Morgan fingerprint density at radius 3 is 1.65 bits per heavy atom. The number of rotatable bonds is 40. The lowest BCUT2D eigenvalue weighted by Gasteiger charge is -2.40. The molecular weight excluding hydrogens is 1640 g/mol. The second-order valence-electron chi connectivity index (χ2n) is 28.9. The fourth-order valence-electron chi connectivity index (χ4n) is 12.5. The predicted molar refractivity (Wildman–Crippen MR) is 412 cm³/mol. The molecule has 5 N–H and O–H groups in total. The highest BCUT2D eigenvalue weighted by atomic mass is 31.2. The van der Waals surface area contributed by atoms with Crippen molar-refractivity contribution in [2.45, 2.75) is 158 Å². The number of nitrogens with zero attached hydrogens (tertiary/aromatic N) is 15. The number of benzene rings is 2. The monoisotopic (exact) mass is 1720 g/mol. The third kappa shape index (κ3) is 20.2. The molecule has 4 aliphatic rings. The Morgan fingerprint density at radius 1 is 0.630 bits per heavy atom. The summed E-state index contributed by atoms with van der Waals surface area (Å²) in [4.78, 5) is 104. The van der Waals surface area contributed by atoms with E-state index in [1.54, 1.807) is 74.5 Å². The van der Waals surface area contributed by atoms with Crippen LogP contribution in [0.25, 0.3) is 33.5 Å². The molecule has 5 unspecified atom stereocenters. The fraction of sp³-hybridized carbons (Fsp3) is 0.507. The molecule has 0 radical (unpaired) electrons. The first-order valence-electron chi connectivity index (χ1n) is 37.2. The average molecular weight is 1730 g/mol. The van der Waals surface area contributed by atoms with Crippen molar-refractivity contribution in [3.8, 4) is 24.3 Å². The lowest BCUT2D eigenvalue weighted by Crippen LogP contribution is -2.49. The molecule has 4 amide bonds. The van der Waals surface area contributed by atoms with Crippen molar-refractivity contribution in [3.05, 3.63) is 114 Å². The average Bonchev–Trinajstić information content (AvgIpc) is 1.56. The van der Waals surface area contributed by atoms with Crippen molar-refractivity contribution in [2.24, 2.45) is 5.92 Å². The summed E-state index contributed by atoms with van der Waals surface area (Å²) < 4.78 is 163. The molecular formula is C71H84FN20O23P3Si. The molecule has 43 nitrogen and oxygen atoms in total. The van der Waals surface area contributed by atoms with Gasteiger partial charge in [-0.1, -0.05) is 71.0 Å². The summed E-state index contributed by atoms with van der Waals surface area (Å²) in [5.74, 6) is -3.06. The van der Waals surface area contributed by atoms with E-state index in [0.29, 0.717) is 0 Å². The van der Waals surface area contributed by atoms with Gasteiger partial charge in [-0.25, -0.2) is 53.0 Å². The van der Waals surface area contributed by atoms with Gasteiger partial charge in [-0.3, -0.25) is 88.7 Å². The minimum Gasteiger partial charge on any atom is -0.407 e. The molecule has 12 rings (SSSR count).